The van der Waals surface area contributed by atoms with Crippen molar-refractivity contribution < 1.29 is 0 Å². The minimum Gasteiger partial charge on any atom is -0.315 e. The van der Waals surface area contributed by atoms with Crippen molar-refractivity contribution in [2.45, 2.75) is 45.7 Å². The van der Waals surface area contributed by atoms with Gasteiger partial charge in [0, 0.05) is 18.6 Å². The Hall–Kier alpha value is -0.860. The SMILES string of the molecule is Cc1ccc(C(C)NC2CCCNC2)c(C)c1. The molecule has 0 saturated carbocycles. The van der Waals surface area contributed by atoms with Gasteiger partial charge in [-0.2, -0.15) is 0 Å². The summed E-state index contributed by atoms with van der Waals surface area (Å²) in [5.41, 5.74) is 4.17. The lowest BCUT2D eigenvalue weighted by Crippen LogP contribution is -2.44. The smallest absolute Gasteiger partial charge is 0.0297 e. The first kappa shape index (κ1) is 12.6. The number of aryl methyl sites for hydroxylation is 2. The number of benzene rings is 1. The van der Waals surface area contributed by atoms with Gasteiger partial charge in [-0.05, 0) is 51.3 Å². The van der Waals surface area contributed by atoms with Crippen LogP contribution in [0.4, 0.5) is 0 Å². The van der Waals surface area contributed by atoms with Crippen LogP contribution in [0.25, 0.3) is 0 Å². The van der Waals surface area contributed by atoms with Gasteiger partial charge in [-0.15, -0.1) is 0 Å². The standard InChI is InChI=1S/C15H24N2/c1-11-6-7-15(12(2)9-11)13(3)17-14-5-4-8-16-10-14/h6-7,9,13-14,16-17H,4-5,8,10H2,1-3H3. The zero-order chi connectivity index (χ0) is 12.3. The van der Waals surface area contributed by atoms with E-state index >= 15 is 0 Å². The first-order valence-electron chi connectivity index (χ1n) is 6.71. The summed E-state index contributed by atoms with van der Waals surface area (Å²) in [5.74, 6) is 0. The van der Waals surface area contributed by atoms with Crippen molar-refractivity contribution in [1.29, 1.82) is 0 Å². The molecule has 0 spiro atoms. The summed E-state index contributed by atoms with van der Waals surface area (Å²) in [6.45, 7) is 8.91. The molecule has 2 N–H and O–H groups in total. The molecule has 2 nitrogen and oxygen atoms in total. The molecule has 2 atom stereocenters. The molecule has 1 fully saturated rings. The maximum Gasteiger partial charge on any atom is 0.0297 e. The third-order valence-corrected chi connectivity index (χ3v) is 3.67. The van der Waals surface area contributed by atoms with Crippen LogP contribution in [0, 0.1) is 13.8 Å². The van der Waals surface area contributed by atoms with Gasteiger partial charge in [0.05, 0.1) is 0 Å². The Morgan fingerprint density at radius 2 is 2.18 bits per heavy atom. The van der Waals surface area contributed by atoms with Gasteiger partial charge >= 0.3 is 0 Å². The highest BCUT2D eigenvalue weighted by molar-refractivity contribution is 5.32. The summed E-state index contributed by atoms with van der Waals surface area (Å²) in [7, 11) is 0. The highest BCUT2D eigenvalue weighted by atomic mass is 15.0. The fourth-order valence-electron chi connectivity index (χ4n) is 2.75. The van der Waals surface area contributed by atoms with E-state index in [0.717, 1.165) is 6.54 Å². The largest absolute Gasteiger partial charge is 0.315 e. The molecule has 94 valence electrons. The minimum absolute atomic E-state index is 0.445. The topological polar surface area (TPSA) is 24.1 Å². The molecule has 2 unspecified atom stereocenters. The van der Waals surface area contributed by atoms with E-state index in [9.17, 15) is 0 Å². The lowest BCUT2D eigenvalue weighted by molar-refractivity contribution is 0.361. The fraction of sp³-hybridized carbons (Fsp3) is 0.600. The molecule has 0 aliphatic carbocycles. The molecule has 1 heterocycles. The number of hydrogen-bond acceptors (Lipinski definition) is 2. The number of hydrogen-bond donors (Lipinski definition) is 2. The van der Waals surface area contributed by atoms with Crippen LogP contribution in [-0.2, 0) is 0 Å². The van der Waals surface area contributed by atoms with Crippen LogP contribution in [0.3, 0.4) is 0 Å². The monoisotopic (exact) mass is 232 g/mol. The predicted octanol–water partition coefficient (Wildman–Crippen LogP) is 2.71. The fourth-order valence-corrected chi connectivity index (χ4v) is 2.75. The molecule has 1 aliphatic heterocycles. The van der Waals surface area contributed by atoms with Crippen LogP contribution < -0.4 is 10.6 Å². The van der Waals surface area contributed by atoms with E-state index in [-0.39, 0.29) is 0 Å². The Bertz CT molecular complexity index is 367. The molecule has 17 heavy (non-hydrogen) atoms. The van der Waals surface area contributed by atoms with Crippen molar-refractivity contribution in [3.8, 4) is 0 Å². The lowest BCUT2D eigenvalue weighted by atomic mass is 9.98. The molecule has 0 radical (unpaired) electrons. The Morgan fingerprint density at radius 1 is 1.35 bits per heavy atom. The second kappa shape index (κ2) is 5.65. The average molecular weight is 232 g/mol. The molecule has 0 aromatic heterocycles. The summed E-state index contributed by atoms with van der Waals surface area (Å²) >= 11 is 0. The highest BCUT2D eigenvalue weighted by Crippen LogP contribution is 2.19. The molecule has 1 aromatic carbocycles. The van der Waals surface area contributed by atoms with Gasteiger partial charge in [-0.25, -0.2) is 0 Å². The molecule has 0 bridgehead atoms. The van der Waals surface area contributed by atoms with Crippen molar-refractivity contribution in [1.82, 2.24) is 10.6 Å². The normalized spacial score (nSPS) is 22.4. The predicted molar refractivity (Wildman–Crippen MR) is 73.4 cm³/mol. The minimum atomic E-state index is 0.445. The summed E-state index contributed by atoms with van der Waals surface area (Å²) in [6.07, 6.45) is 2.58. The van der Waals surface area contributed by atoms with Crippen LogP contribution in [-0.4, -0.2) is 19.1 Å². The van der Waals surface area contributed by atoms with Crippen LogP contribution in [0.2, 0.25) is 0 Å². The van der Waals surface area contributed by atoms with Gasteiger partial charge < -0.3 is 10.6 Å². The van der Waals surface area contributed by atoms with Gasteiger partial charge in [0.25, 0.3) is 0 Å². The second-order valence-corrected chi connectivity index (χ2v) is 5.29. The quantitative estimate of drug-likeness (QED) is 0.837. The summed E-state index contributed by atoms with van der Waals surface area (Å²) in [5, 5.41) is 7.19. The van der Waals surface area contributed by atoms with Gasteiger partial charge in [0.2, 0.25) is 0 Å². The third kappa shape index (κ3) is 3.30. The molecule has 2 rings (SSSR count). The first-order chi connectivity index (χ1) is 8.16. The molecule has 2 heteroatoms. The lowest BCUT2D eigenvalue weighted by Gasteiger charge is -2.28. The van der Waals surface area contributed by atoms with Crippen LogP contribution in [0.15, 0.2) is 18.2 Å². The van der Waals surface area contributed by atoms with Gasteiger partial charge in [0.15, 0.2) is 0 Å². The van der Waals surface area contributed by atoms with Crippen LogP contribution in [0.5, 0.6) is 0 Å². The molecule has 0 amide bonds. The molecule has 1 aromatic rings. The summed E-state index contributed by atoms with van der Waals surface area (Å²) < 4.78 is 0. The van der Waals surface area contributed by atoms with Crippen LogP contribution >= 0.6 is 0 Å². The van der Waals surface area contributed by atoms with E-state index in [4.69, 9.17) is 0 Å². The Kier molecular flexibility index (Phi) is 4.19. The summed E-state index contributed by atoms with van der Waals surface area (Å²) in [4.78, 5) is 0. The van der Waals surface area contributed by atoms with Gasteiger partial charge in [-0.3, -0.25) is 0 Å². The van der Waals surface area contributed by atoms with Crippen molar-refractivity contribution in [3.63, 3.8) is 0 Å². The van der Waals surface area contributed by atoms with Crippen molar-refractivity contribution >= 4 is 0 Å². The zero-order valence-corrected chi connectivity index (χ0v) is 11.2. The molecule has 1 saturated heterocycles. The summed E-state index contributed by atoms with van der Waals surface area (Å²) in [6, 6.07) is 7.81. The van der Waals surface area contributed by atoms with E-state index in [1.165, 1.54) is 36.1 Å². The third-order valence-electron chi connectivity index (χ3n) is 3.67. The van der Waals surface area contributed by atoms with Gasteiger partial charge in [-0.1, -0.05) is 23.8 Å². The number of rotatable bonds is 3. The maximum absolute atomic E-state index is 3.73. The molecular formula is C15H24N2. The average Bonchev–Trinajstić information content (AvgIpc) is 2.30. The number of piperidine rings is 1. The first-order valence-corrected chi connectivity index (χ1v) is 6.71. The van der Waals surface area contributed by atoms with E-state index in [2.05, 4.69) is 49.6 Å². The number of nitrogens with one attached hydrogen (secondary N) is 2. The van der Waals surface area contributed by atoms with Crippen molar-refractivity contribution in [2.75, 3.05) is 13.1 Å². The van der Waals surface area contributed by atoms with E-state index < -0.39 is 0 Å². The Balaban J connectivity index is 2.00. The van der Waals surface area contributed by atoms with E-state index in [1.807, 2.05) is 0 Å². The molecular weight excluding hydrogens is 208 g/mol. The van der Waals surface area contributed by atoms with Crippen LogP contribution in [0.1, 0.15) is 42.5 Å². The second-order valence-electron chi connectivity index (χ2n) is 5.29. The van der Waals surface area contributed by atoms with Gasteiger partial charge in [0.1, 0.15) is 0 Å². The van der Waals surface area contributed by atoms with E-state index in [1.54, 1.807) is 0 Å². The van der Waals surface area contributed by atoms with Crippen molar-refractivity contribution in [3.05, 3.63) is 34.9 Å². The Labute approximate surface area is 105 Å². The van der Waals surface area contributed by atoms with Crippen molar-refractivity contribution in [2.24, 2.45) is 0 Å². The highest BCUT2D eigenvalue weighted by Gasteiger charge is 2.16. The maximum atomic E-state index is 3.73. The van der Waals surface area contributed by atoms with E-state index in [0.29, 0.717) is 12.1 Å². The Morgan fingerprint density at radius 3 is 2.82 bits per heavy atom. The zero-order valence-electron chi connectivity index (χ0n) is 11.2. The molecule has 1 aliphatic rings.